The monoisotopic (exact) mass is 294 g/mol. The number of rotatable bonds is 3. The van der Waals surface area contributed by atoms with Gasteiger partial charge in [-0.1, -0.05) is 31.1 Å². The van der Waals surface area contributed by atoms with Crippen molar-refractivity contribution >= 4 is 23.8 Å². The van der Waals surface area contributed by atoms with E-state index in [1.54, 1.807) is 0 Å². The van der Waals surface area contributed by atoms with E-state index in [1.807, 2.05) is 12.1 Å². The van der Waals surface area contributed by atoms with Crippen LogP contribution in [0, 0.1) is 0 Å². The number of hydrogen-bond acceptors (Lipinski definition) is 5. The summed E-state index contributed by atoms with van der Waals surface area (Å²) in [5.74, 6) is 1.76. The SMILES string of the molecule is CC(C)c1noc(CN2CCNc3ccccc32)n1.Cl. The molecular formula is C14H19ClN4O. The zero-order valence-electron chi connectivity index (χ0n) is 11.7. The molecule has 3 rings (SSSR count). The minimum Gasteiger partial charge on any atom is -0.382 e. The van der Waals surface area contributed by atoms with E-state index >= 15 is 0 Å². The minimum atomic E-state index is 0. The number of anilines is 2. The Balaban J connectivity index is 0.00000147. The topological polar surface area (TPSA) is 54.2 Å². The van der Waals surface area contributed by atoms with Gasteiger partial charge in [0.25, 0.3) is 0 Å². The molecule has 2 heterocycles. The van der Waals surface area contributed by atoms with Crippen LogP contribution in [-0.4, -0.2) is 23.2 Å². The lowest BCUT2D eigenvalue weighted by atomic mass is 10.2. The van der Waals surface area contributed by atoms with Crippen LogP contribution in [0.2, 0.25) is 0 Å². The van der Waals surface area contributed by atoms with Crippen molar-refractivity contribution in [2.45, 2.75) is 26.3 Å². The van der Waals surface area contributed by atoms with Crippen molar-refractivity contribution in [2.75, 3.05) is 23.3 Å². The van der Waals surface area contributed by atoms with Crippen LogP contribution >= 0.6 is 12.4 Å². The molecular weight excluding hydrogens is 276 g/mol. The summed E-state index contributed by atoms with van der Waals surface area (Å²) in [6, 6.07) is 8.29. The lowest BCUT2D eigenvalue weighted by Crippen LogP contribution is -2.33. The van der Waals surface area contributed by atoms with Gasteiger partial charge in [-0.3, -0.25) is 0 Å². The molecule has 0 atom stereocenters. The van der Waals surface area contributed by atoms with Crippen LogP contribution in [-0.2, 0) is 6.54 Å². The number of aromatic nitrogens is 2. The summed E-state index contributed by atoms with van der Waals surface area (Å²) in [5.41, 5.74) is 2.36. The molecule has 1 aromatic carbocycles. The summed E-state index contributed by atoms with van der Waals surface area (Å²) in [4.78, 5) is 6.70. The van der Waals surface area contributed by atoms with Gasteiger partial charge >= 0.3 is 0 Å². The Morgan fingerprint density at radius 2 is 2.15 bits per heavy atom. The summed E-state index contributed by atoms with van der Waals surface area (Å²) in [6.07, 6.45) is 0. The van der Waals surface area contributed by atoms with E-state index in [0.29, 0.717) is 18.4 Å². The first-order valence-electron chi connectivity index (χ1n) is 6.64. The first kappa shape index (κ1) is 14.7. The van der Waals surface area contributed by atoms with E-state index in [9.17, 15) is 0 Å². The highest BCUT2D eigenvalue weighted by atomic mass is 35.5. The Bertz CT molecular complexity index is 570. The Kier molecular flexibility index (Phi) is 4.49. The fourth-order valence-corrected chi connectivity index (χ4v) is 2.24. The maximum atomic E-state index is 5.32. The highest BCUT2D eigenvalue weighted by molar-refractivity contribution is 5.85. The van der Waals surface area contributed by atoms with E-state index in [-0.39, 0.29) is 12.4 Å². The summed E-state index contributed by atoms with van der Waals surface area (Å²) < 4.78 is 5.32. The summed E-state index contributed by atoms with van der Waals surface area (Å²) in [5, 5.41) is 7.40. The van der Waals surface area contributed by atoms with Crippen molar-refractivity contribution in [2.24, 2.45) is 0 Å². The Morgan fingerprint density at radius 1 is 1.35 bits per heavy atom. The quantitative estimate of drug-likeness (QED) is 0.943. The standard InChI is InChI=1S/C14H18N4O.ClH/c1-10(2)14-16-13(19-17-14)9-18-8-7-15-11-5-3-4-6-12(11)18;/h3-6,10,15H,7-9H2,1-2H3;1H. The molecule has 1 N–H and O–H groups in total. The predicted octanol–water partition coefficient (Wildman–Crippen LogP) is 3.05. The molecule has 6 heteroatoms. The van der Waals surface area contributed by atoms with Crippen molar-refractivity contribution in [1.29, 1.82) is 0 Å². The second kappa shape index (κ2) is 6.13. The van der Waals surface area contributed by atoms with Crippen molar-refractivity contribution in [3.8, 4) is 0 Å². The molecule has 1 aromatic heterocycles. The number of benzene rings is 1. The number of hydrogen-bond donors (Lipinski definition) is 1. The van der Waals surface area contributed by atoms with E-state index in [1.165, 1.54) is 5.69 Å². The maximum Gasteiger partial charge on any atom is 0.246 e. The number of nitrogens with one attached hydrogen (secondary N) is 1. The van der Waals surface area contributed by atoms with Gasteiger partial charge in [-0.05, 0) is 12.1 Å². The average Bonchev–Trinajstić information content (AvgIpc) is 2.88. The number of halogens is 1. The second-order valence-electron chi connectivity index (χ2n) is 5.07. The average molecular weight is 295 g/mol. The van der Waals surface area contributed by atoms with E-state index in [4.69, 9.17) is 4.52 Å². The van der Waals surface area contributed by atoms with Gasteiger partial charge in [-0.2, -0.15) is 4.98 Å². The zero-order chi connectivity index (χ0) is 13.2. The molecule has 0 spiro atoms. The number of fused-ring (bicyclic) bond motifs is 1. The third-order valence-electron chi connectivity index (χ3n) is 3.27. The lowest BCUT2D eigenvalue weighted by molar-refractivity contribution is 0.369. The van der Waals surface area contributed by atoms with Crippen LogP contribution in [0.3, 0.4) is 0 Å². The fourth-order valence-electron chi connectivity index (χ4n) is 2.24. The van der Waals surface area contributed by atoms with Gasteiger partial charge in [0, 0.05) is 19.0 Å². The summed E-state index contributed by atoms with van der Waals surface area (Å²) in [6.45, 7) is 6.67. The molecule has 0 radical (unpaired) electrons. The van der Waals surface area contributed by atoms with Gasteiger partial charge < -0.3 is 14.7 Å². The molecule has 2 aromatic rings. The van der Waals surface area contributed by atoms with Crippen molar-refractivity contribution in [3.05, 3.63) is 36.0 Å². The Hall–Kier alpha value is -1.75. The van der Waals surface area contributed by atoms with Crippen molar-refractivity contribution in [1.82, 2.24) is 10.1 Å². The maximum absolute atomic E-state index is 5.32. The van der Waals surface area contributed by atoms with Crippen LogP contribution in [0.25, 0.3) is 0 Å². The molecule has 0 bridgehead atoms. The molecule has 5 nitrogen and oxygen atoms in total. The molecule has 108 valence electrons. The van der Waals surface area contributed by atoms with Crippen molar-refractivity contribution in [3.63, 3.8) is 0 Å². The van der Waals surface area contributed by atoms with Gasteiger partial charge in [-0.25, -0.2) is 0 Å². The second-order valence-corrected chi connectivity index (χ2v) is 5.07. The molecule has 0 unspecified atom stereocenters. The summed E-state index contributed by atoms with van der Waals surface area (Å²) in [7, 11) is 0. The molecule has 1 aliphatic heterocycles. The van der Waals surface area contributed by atoms with Gasteiger partial charge in [-0.15, -0.1) is 12.4 Å². The van der Waals surface area contributed by atoms with Gasteiger partial charge in [0.15, 0.2) is 5.82 Å². The molecule has 20 heavy (non-hydrogen) atoms. The van der Waals surface area contributed by atoms with Crippen LogP contribution in [0.4, 0.5) is 11.4 Å². The predicted molar refractivity (Wildman–Crippen MR) is 81.6 cm³/mol. The van der Waals surface area contributed by atoms with Gasteiger partial charge in [0.05, 0.1) is 17.9 Å². The zero-order valence-corrected chi connectivity index (χ0v) is 12.5. The molecule has 0 saturated carbocycles. The van der Waals surface area contributed by atoms with Crippen LogP contribution in [0.15, 0.2) is 28.8 Å². The van der Waals surface area contributed by atoms with E-state index < -0.39 is 0 Å². The van der Waals surface area contributed by atoms with Gasteiger partial charge in [0.1, 0.15) is 0 Å². The third kappa shape index (κ3) is 2.88. The van der Waals surface area contributed by atoms with E-state index in [2.05, 4.69) is 46.3 Å². The molecule has 0 fully saturated rings. The highest BCUT2D eigenvalue weighted by Gasteiger charge is 2.19. The Labute approximate surface area is 124 Å². The first-order valence-corrected chi connectivity index (χ1v) is 6.64. The first-order chi connectivity index (χ1) is 9.24. The highest BCUT2D eigenvalue weighted by Crippen LogP contribution is 2.29. The van der Waals surface area contributed by atoms with Crippen LogP contribution in [0.1, 0.15) is 31.5 Å². The molecule has 0 amide bonds. The van der Waals surface area contributed by atoms with Gasteiger partial charge in [0.2, 0.25) is 5.89 Å². The molecule has 0 saturated heterocycles. The number of nitrogens with zero attached hydrogens (tertiary/aromatic N) is 3. The normalized spacial score (nSPS) is 13.7. The van der Waals surface area contributed by atoms with Crippen LogP contribution < -0.4 is 10.2 Å². The summed E-state index contributed by atoms with van der Waals surface area (Å²) >= 11 is 0. The van der Waals surface area contributed by atoms with Crippen LogP contribution in [0.5, 0.6) is 0 Å². The largest absolute Gasteiger partial charge is 0.382 e. The molecule has 0 aliphatic carbocycles. The smallest absolute Gasteiger partial charge is 0.246 e. The minimum absolute atomic E-state index is 0. The molecule has 1 aliphatic rings. The fraction of sp³-hybridized carbons (Fsp3) is 0.429. The Morgan fingerprint density at radius 3 is 2.90 bits per heavy atom. The number of para-hydroxylation sites is 2. The third-order valence-corrected chi connectivity index (χ3v) is 3.27. The van der Waals surface area contributed by atoms with Crippen molar-refractivity contribution < 1.29 is 4.52 Å². The van der Waals surface area contributed by atoms with E-state index in [0.717, 1.165) is 24.6 Å². The lowest BCUT2D eigenvalue weighted by Gasteiger charge is -2.30.